The molecule has 5 aromatic carbocycles. The van der Waals surface area contributed by atoms with Crippen molar-refractivity contribution >= 4 is 21.8 Å². The highest BCUT2D eigenvalue weighted by molar-refractivity contribution is 6.11. The monoisotopic (exact) mass is 530 g/mol. The number of rotatable bonds is 3. The predicted molar refractivity (Wildman–Crippen MR) is 165 cm³/mol. The van der Waals surface area contributed by atoms with Crippen LogP contribution in [0.4, 0.5) is 0 Å². The molecule has 2 heterocycles. The Morgan fingerprint density at radius 1 is 0.585 bits per heavy atom. The molecule has 1 aliphatic rings. The summed E-state index contributed by atoms with van der Waals surface area (Å²) in [4.78, 5) is 23.4. The van der Waals surface area contributed by atoms with Crippen molar-refractivity contribution in [3.05, 3.63) is 143 Å². The van der Waals surface area contributed by atoms with E-state index in [-0.39, 0.29) is 11.1 Å². The van der Waals surface area contributed by atoms with Crippen molar-refractivity contribution in [2.75, 3.05) is 0 Å². The first-order valence-corrected chi connectivity index (χ1v) is 13.8. The van der Waals surface area contributed by atoms with E-state index in [1.54, 1.807) is 4.57 Å². The van der Waals surface area contributed by atoms with Gasteiger partial charge in [0.1, 0.15) is 0 Å². The van der Waals surface area contributed by atoms with E-state index in [0.29, 0.717) is 17.5 Å². The Morgan fingerprint density at radius 2 is 1.27 bits per heavy atom. The van der Waals surface area contributed by atoms with Gasteiger partial charge in [-0.25, -0.2) is 9.36 Å². The van der Waals surface area contributed by atoms with Crippen molar-refractivity contribution in [3.8, 4) is 34.2 Å². The van der Waals surface area contributed by atoms with Crippen molar-refractivity contribution in [2.24, 2.45) is 0 Å². The summed E-state index contributed by atoms with van der Waals surface area (Å²) < 4.78 is 3.75. The minimum atomic E-state index is -0.375. The first-order chi connectivity index (χ1) is 20.0. The number of nitrogens with zero attached hydrogens (tertiary/aromatic N) is 4. The Labute approximate surface area is 237 Å². The van der Waals surface area contributed by atoms with Gasteiger partial charge < -0.3 is 0 Å². The van der Waals surface area contributed by atoms with E-state index in [4.69, 9.17) is 4.98 Å². The van der Waals surface area contributed by atoms with Gasteiger partial charge in [0, 0.05) is 21.8 Å². The van der Waals surface area contributed by atoms with Crippen LogP contribution >= 0.6 is 0 Å². The summed E-state index contributed by atoms with van der Waals surface area (Å²) in [6, 6.07) is 41.0. The third-order valence-corrected chi connectivity index (χ3v) is 8.42. The van der Waals surface area contributed by atoms with Gasteiger partial charge in [-0.3, -0.25) is 4.57 Å². The fourth-order valence-electron chi connectivity index (χ4n) is 6.44. The Morgan fingerprint density at radius 3 is 2.07 bits per heavy atom. The lowest BCUT2D eigenvalue weighted by Gasteiger charge is -2.22. The van der Waals surface area contributed by atoms with Gasteiger partial charge in [0.25, 0.3) is 0 Å². The summed E-state index contributed by atoms with van der Waals surface area (Å²) in [5, 5.41) is 2.23. The average Bonchev–Trinajstić information content (AvgIpc) is 3.45. The number of benzene rings is 5. The number of hydrogen-bond donors (Lipinski definition) is 0. The molecular weight excluding hydrogens is 504 g/mol. The molecule has 0 N–H and O–H groups in total. The van der Waals surface area contributed by atoms with Crippen LogP contribution in [0, 0.1) is 0 Å². The van der Waals surface area contributed by atoms with E-state index >= 15 is 0 Å². The molecule has 0 spiro atoms. The van der Waals surface area contributed by atoms with Crippen LogP contribution in [0.2, 0.25) is 0 Å². The van der Waals surface area contributed by atoms with Crippen LogP contribution in [0.3, 0.4) is 0 Å². The van der Waals surface area contributed by atoms with Crippen LogP contribution in [0.25, 0.3) is 56.0 Å². The first kappa shape index (κ1) is 23.6. The van der Waals surface area contributed by atoms with E-state index in [9.17, 15) is 4.79 Å². The van der Waals surface area contributed by atoms with Crippen LogP contribution < -0.4 is 5.69 Å². The minimum absolute atomic E-state index is 0.165. The van der Waals surface area contributed by atoms with Crippen molar-refractivity contribution in [1.29, 1.82) is 0 Å². The molecule has 5 nitrogen and oxygen atoms in total. The van der Waals surface area contributed by atoms with Crippen molar-refractivity contribution < 1.29 is 0 Å². The standard InChI is InChI=1S/C36H26N4O/c1-36(2)29-19-11-9-17-25(29)27-21-28-26-18-10-12-20-31(26)40(32(28)22-30(27)36)34-37-33(23-13-5-3-6-14-23)38-35(41)39(34)24-15-7-4-8-16-24/h3-22H,1-2H3. The third-order valence-electron chi connectivity index (χ3n) is 8.42. The topological polar surface area (TPSA) is 52.7 Å². The maximum atomic E-state index is 13.8. The second-order valence-corrected chi connectivity index (χ2v) is 11.1. The van der Waals surface area contributed by atoms with E-state index < -0.39 is 0 Å². The molecule has 0 unspecified atom stereocenters. The lowest BCUT2D eigenvalue weighted by molar-refractivity contribution is 0.661. The summed E-state index contributed by atoms with van der Waals surface area (Å²) in [7, 11) is 0. The second kappa shape index (κ2) is 8.60. The summed E-state index contributed by atoms with van der Waals surface area (Å²) >= 11 is 0. The molecule has 0 saturated carbocycles. The molecule has 1 aliphatic carbocycles. The molecule has 0 atom stereocenters. The molecule has 8 rings (SSSR count). The maximum absolute atomic E-state index is 13.8. The number of hydrogen-bond acceptors (Lipinski definition) is 3. The fourth-order valence-corrected chi connectivity index (χ4v) is 6.44. The molecule has 41 heavy (non-hydrogen) atoms. The summed E-state index contributed by atoms with van der Waals surface area (Å²) in [6.07, 6.45) is 0. The van der Waals surface area contributed by atoms with Gasteiger partial charge in [-0.15, -0.1) is 0 Å². The summed E-state index contributed by atoms with van der Waals surface area (Å²) in [5.74, 6) is 0.909. The van der Waals surface area contributed by atoms with Gasteiger partial charge in [0.05, 0.1) is 16.7 Å². The van der Waals surface area contributed by atoms with Gasteiger partial charge >= 0.3 is 5.69 Å². The van der Waals surface area contributed by atoms with E-state index in [0.717, 1.165) is 27.4 Å². The second-order valence-electron chi connectivity index (χ2n) is 11.1. The molecule has 2 aromatic heterocycles. The molecule has 7 aromatic rings. The average molecular weight is 531 g/mol. The van der Waals surface area contributed by atoms with Gasteiger partial charge in [0.15, 0.2) is 5.82 Å². The lowest BCUT2D eigenvalue weighted by atomic mass is 9.82. The Balaban J connectivity index is 1.52. The van der Waals surface area contributed by atoms with Gasteiger partial charge in [-0.2, -0.15) is 9.97 Å². The van der Waals surface area contributed by atoms with Crippen LogP contribution in [0.1, 0.15) is 25.0 Å². The molecule has 5 heteroatoms. The summed E-state index contributed by atoms with van der Waals surface area (Å²) in [6.45, 7) is 4.57. The van der Waals surface area contributed by atoms with Crippen LogP contribution in [-0.2, 0) is 5.41 Å². The SMILES string of the molecule is CC1(C)c2ccccc2-c2cc3c4ccccc4n(-c4nc(-c5ccccc5)nc(=O)n4-c4ccccc4)c3cc21. The van der Waals surface area contributed by atoms with Crippen molar-refractivity contribution in [2.45, 2.75) is 19.3 Å². The van der Waals surface area contributed by atoms with Crippen molar-refractivity contribution in [1.82, 2.24) is 19.1 Å². The molecule has 0 radical (unpaired) electrons. The molecule has 0 fully saturated rings. The van der Waals surface area contributed by atoms with Gasteiger partial charge in [-0.1, -0.05) is 105 Å². The largest absolute Gasteiger partial charge is 0.357 e. The Bertz CT molecular complexity index is 2190. The molecular formula is C36H26N4O. The smallest absolute Gasteiger partial charge is 0.279 e. The van der Waals surface area contributed by atoms with E-state index in [1.165, 1.54) is 22.3 Å². The van der Waals surface area contributed by atoms with E-state index in [2.05, 4.69) is 78.0 Å². The highest BCUT2D eigenvalue weighted by atomic mass is 16.1. The number of fused-ring (bicyclic) bond motifs is 6. The fraction of sp³-hybridized carbons (Fsp3) is 0.0833. The first-order valence-electron chi connectivity index (χ1n) is 13.8. The molecule has 0 aliphatic heterocycles. The highest BCUT2D eigenvalue weighted by Crippen LogP contribution is 2.50. The minimum Gasteiger partial charge on any atom is -0.279 e. The quantitative estimate of drug-likeness (QED) is 0.235. The zero-order valence-corrected chi connectivity index (χ0v) is 22.7. The normalized spacial score (nSPS) is 13.4. The Hall–Kier alpha value is -5.29. The molecule has 0 bridgehead atoms. The highest BCUT2D eigenvalue weighted by Gasteiger charge is 2.36. The maximum Gasteiger partial charge on any atom is 0.357 e. The number of aromatic nitrogens is 4. The van der Waals surface area contributed by atoms with Crippen molar-refractivity contribution in [3.63, 3.8) is 0 Å². The van der Waals surface area contributed by atoms with Crippen LogP contribution in [-0.4, -0.2) is 19.1 Å². The lowest BCUT2D eigenvalue weighted by Crippen LogP contribution is -2.27. The third kappa shape index (κ3) is 3.39. The van der Waals surface area contributed by atoms with E-state index in [1.807, 2.05) is 66.7 Å². The number of para-hydroxylation sites is 2. The predicted octanol–water partition coefficient (Wildman–Crippen LogP) is 7.70. The van der Waals surface area contributed by atoms with Crippen LogP contribution in [0.5, 0.6) is 0 Å². The summed E-state index contributed by atoms with van der Waals surface area (Å²) in [5.41, 5.74) is 8.09. The van der Waals surface area contributed by atoms with Gasteiger partial charge in [-0.05, 0) is 52.6 Å². The molecule has 0 saturated heterocycles. The van der Waals surface area contributed by atoms with Crippen LogP contribution in [0.15, 0.2) is 126 Å². The molecule has 196 valence electrons. The Kier molecular flexibility index (Phi) is 4.95. The zero-order chi connectivity index (χ0) is 27.7. The zero-order valence-electron chi connectivity index (χ0n) is 22.7. The van der Waals surface area contributed by atoms with Gasteiger partial charge in [0.2, 0.25) is 5.95 Å². The molecule has 0 amide bonds.